The van der Waals surface area contributed by atoms with E-state index in [0.29, 0.717) is 13.1 Å². The van der Waals surface area contributed by atoms with Crippen molar-refractivity contribution in [2.75, 3.05) is 6.54 Å². The van der Waals surface area contributed by atoms with E-state index in [4.69, 9.17) is 5.73 Å². The van der Waals surface area contributed by atoms with Gasteiger partial charge in [0.05, 0.1) is 11.1 Å². The Morgan fingerprint density at radius 2 is 2.33 bits per heavy atom. The largest absolute Gasteiger partial charge is 0.369 e. The van der Waals surface area contributed by atoms with Crippen LogP contribution in [0.2, 0.25) is 0 Å². The van der Waals surface area contributed by atoms with Crippen LogP contribution in [-0.2, 0) is 18.4 Å². The van der Waals surface area contributed by atoms with Crippen molar-refractivity contribution < 1.29 is 4.79 Å². The molecule has 0 atom stereocenters. The molecule has 0 unspecified atom stereocenters. The first-order valence-corrected chi connectivity index (χ1v) is 4.91. The van der Waals surface area contributed by atoms with E-state index in [0.717, 1.165) is 5.69 Å². The van der Waals surface area contributed by atoms with Gasteiger partial charge in [-0.2, -0.15) is 5.10 Å². The fourth-order valence-electron chi connectivity index (χ4n) is 1.16. The zero-order valence-corrected chi connectivity index (χ0v) is 9.45. The number of carbonyl (C=O) groups is 1. The summed E-state index contributed by atoms with van der Waals surface area (Å²) in [6.07, 6.45) is 1.75. The van der Waals surface area contributed by atoms with Gasteiger partial charge in [-0.1, -0.05) is 0 Å². The van der Waals surface area contributed by atoms with Crippen molar-refractivity contribution in [2.24, 2.45) is 18.2 Å². The summed E-state index contributed by atoms with van der Waals surface area (Å²) < 4.78 is 1.80. The lowest BCUT2D eigenvalue weighted by molar-refractivity contribution is -0.125. The van der Waals surface area contributed by atoms with Crippen LogP contribution in [0, 0.1) is 5.41 Å². The Morgan fingerprint density at radius 3 is 2.80 bits per heavy atom. The molecule has 3 N–H and O–H groups in total. The molecule has 1 aromatic rings. The van der Waals surface area contributed by atoms with Crippen LogP contribution < -0.4 is 11.1 Å². The summed E-state index contributed by atoms with van der Waals surface area (Å²) in [5.41, 5.74) is 5.83. The molecule has 15 heavy (non-hydrogen) atoms. The number of nitrogens with two attached hydrogens (primary N) is 1. The van der Waals surface area contributed by atoms with Crippen molar-refractivity contribution in [1.82, 2.24) is 15.1 Å². The van der Waals surface area contributed by atoms with Crippen molar-refractivity contribution in [3.8, 4) is 0 Å². The van der Waals surface area contributed by atoms with Crippen molar-refractivity contribution in [3.05, 3.63) is 18.0 Å². The highest BCUT2D eigenvalue weighted by molar-refractivity contribution is 5.80. The van der Waals surface area contributed by atoms with Crippen molar-refractivity contribution in [1.29, 1.82) is 0 Å². The van der Waals surface area contributed by atoms with E-state index in [1.54, 1.807) is 10.9 Å². The highest BCUT2D eigenvalue weighted by Crippen LogP contribution is 2.12. The second-order valence-corrected chi connectivity index (χ2v) is 4.30. The van der Waals surface area contributed by atoms with E-state index in [1.807, 2.05) is 27.0 Å². The van der Waals surface area contributed by atoms with Gasteiger partial charge in [0, 0.05) is 26.3 Å². The lowest BCUT2D eigenvalue weighted by Gasteiger charge is -2.20. The highest BCUT2D eigenvalue weighted by Gasteiger charge is 2.24. The van der Waals surface area contributed by atoms with E-state index in [2.05, 4.69) is 10.4 Å². The molecule has 0 fully saturated rings. The second-order valence-electron chi connectivity index (χ2n) is 4.30. The van der Waals surface area contributed by atoms with Gasteiger partial charge in [-0.15, -0.1) is 0 Å². The topological polar surface area (TPSA) is 72.9 Å². The fourth-order valence-corrected chi connectivity index (χ4v) is 1.16. The van der Waals surface area contributed by atoms with E-state index in [1.165, 1.54) is 0 Å². The minimum absolute atomic E-state index is 0.292. The number of hydrogen-bond donors (Lipinski definition) is 2. The van der Waals surface area contributed by atoms with Gasteiger partial charge < -0.3 is 11.1 Å². The summed E-state index contributed by atoms with van der Waals surface area (Å²) in [4.78, 5) is 11.0. The second kappa shape index (κ2) is 4.44. The number of nitrogens with zero attached hydrogens (tertiary/aromatic N) is 2. The van der Waals surface area contributed by atoms with Crippen LogP contribution in [0.1, 0.15) is 19.5 Å². The summed E-state index contributed by atoms with van der Waals surface area (Å²) in [5, 5.41) is 7.24. The molecule has 5 heteroatoms. The Balaban J connectivity index is 2.40. The molecule has 0 aliphatic carbocycles. The normalized spacial score (nSPS) is 11.7. The van der Waals surface area contributed by atoms with E-state index < -0.39 is 5.41 Å². The average molecular weight is 210 g/mol. The Morgan fingerprint density at radius 1 is 1.67 bits per heavy atom. The highest BCUT2D eigenvalue weighted by atomic mass is 16.1. The van der Waals surface area contributed by atoms with Gasteiger partial charge in [0.2, 0.25) is 5.91 Å². The minimum Gasteiger partial charge on any atom is -0.369 e. The third-order valence-corrected chi connectivity index (χ3v) is 2.46. The predicted molar refractivity (Wildman–Crippen MR) is 57.9 cm³/mol. The summed E-state index contributed by atoms with van der Waals surface area (Å²) in [5.74, 6) is -0.292. The average Bonchev–Trinajstić information content (AvgIpc) is 2.51. The van der Waals surface area contributed by atoms with Gasteiger partial charge in [0.15, 0.2) is 0 Å². The molecule has 0 radical (unpaired) electrons. The first-order chi connectivity index (χ1) is 6.93. The molecule has 84 valence electrons. The zero-order valence-electron chi connectivity index (χ0n) is 9.45. The van der Waals surface area contributed by atoms with Crippen LogP contribution in [-0.4, -0.2) is 22.2 Å². The van der Waals surface area contributed by atoms with E-state index in [-0.39, 0.29) is 5.91 Å². The monoisotopic (exact) mass is 210 g/mol. The maximum Gasteiger partial charge on any atom is 0.224 e. The summed E-state index contributed by atoms with van der Waals surface area (Å²) in [6, 6.07) is 1.93. The van der Waals surface area contributed by atoms with Gasteiger partial charge in [-0.3, -0.25) is 9.48 Å². The molecule has 0 saturated heterocycles. The molecule has 0 saturated carbocycles. The van der Waals surface area contributed by atoms with Crippen LogP contribution in [0.25, 0.3) is 0 Å². The number of amides is 1. The molecule has 0 aromatic carbocycles. The third kappa shape index (κ3) is 3.06. The summed E-state index contributed by atoms with van der Waals surface area (Å²) >= 11 is 0. The van der Waals surface area contributed by atoms with Crippen LogP contribution in [0.5, 0.6) is 0 Å². The zero-order chi connectivity index (χ0) is 11.5. The fraction of sp³-hybridized carbons (Fsp3) is 0.600. The Kier molecular flexibility index (Phi) is 3.47. The van der Waals surface area contributed by atoms with Gasteiger partial charge in [0.25, 0.3) is 0 Å². The lowest BCUT2D eigenvalue weighted by atomic mass is 9.93. The number of carbonyl (C=O) groups excluding carboxylic acids is 1. The molecule has 5 nitrogen and oxygen atoms in total. The summed E-state index contributed by atoms with van der Waals surface area (Å²) in [7, 11) is 1.89. The van der Waals surface area contributed by atoms with Gasteiger partial charge in [-0.05, 0) is 19.9 Å². The number of nitrogens with one attached hydrogen (secondary N) is 1. The molecule has 1 rings (SSSR count). The molecule has 1 aromatic heterocycles. The van der Waals surface area contributed by atoms with Crippen molar-refractivity contribution in [3.63, 3.8) is 0 Å². The number of rotatable bonds is 5. The molecule has 0 aliphatic rings. The quantitative estimate of drug-likeness (QED) is 0.719. The van der Waals surface area contributed by atoms with Crippen LogP contribution in [0.4, 0.5) is 0 Å². The van der Waals surface area contributed by atoms with E-state index in [9.17, 15) is 4.79 Å². The Bertz CT molecular complexity index is 343. The first-order valence-electron chi connectivity index (χ1n) is 4.91. The Hall–Kier alpha value is -1.36. The molecule has 1 heterocycles. The number of primary amides is 1. The third-order valence-electron chi connectivity index (χ3n) is 2.46. The molecule has 0 aliphatic heterocycles. The molecular formula is C10H18N4O. The van der Waals surface area contributed by atoms with Crippen LogP contribution in [0.15, 0.2) is 12.3 Å². The van der Waals surface area contributed by atoms with Crippen LogP contribution in [0.3, 0.4) is 0 Å². The molecule has 0 bridgehead atoms. The maximum atomic E-state index is 11.0. The number of hydrogen-bond acceptors (Lipinski definition) is 3. The number of aromatic nitrogens is 2. The van der Waals surface area contributed by atoms with Crippen LogP contribution >= 0.6 is 0 Å². The SMILES string of the molecule is Cn1nccc1CNCC(C)(C)C(N)=O. The van der Waals surface area contributed by atoms with Gasteiger partial charge in [-0.25, -0.2) is 0 Å². The van der Waals surface area contributed by atoms with Crippen molar-refractivity contribution in [2.45, 2.75) is 20.4 Å². The minimum atomic E-state index is -0.515. The number of aryl methyl sites for hydroxylation is 1. The lowest BCUT2D eigenvalue weighted by Crippen LogP contribution is -2.40. The summed E-state index contributed by atoms with van der Waals surface area (Å²) in [6.45, 7) is 4.90. The molecule has 0 spiro atoms. The van der Waals surface area contributed by atoms with Gasteiger partial charge >= 0.3 is 0 Å². The molecular weight excluding hydrogens is 192 g/mol. The predicted octanol–water partition coefficient (Wildman–Crippen LogP) is 0.0212. The van der Waals surface area contributed by atoms with Gasteiger partial charge in [0.1, 0.15) is 0 Å². The van der Waals surface area contributed by atoms with Crippen molar-refractivity contribution >= 4 is 5.91 Å². The first kappa shape index (κ1) is 11.7. The standard InChI is InChI=1S/C10H18N4O/c1-10(2,9(11)15)7-12-6-8-4-5-13-14(8)3/h4-5,12H,6-7H2,1-3H3,(H2,11,15). The van der Waals surface area contributed by atoms with E-state index >= 15 is 0 Å². The smallest absolute Gasteiger partial charge is 0.224 e. The maximum absolute atomic E-state index is 11.0. The Labute approximate surface area is 89.6 Å². The molecule has 1 amide bonds.